The van der Waals surface area contributed by atoms with Crippen molar-refractivity contribution in [3.63, 3.8) is 0 Å². The Labute approximate surface area is 82.8 Å². The molecule has 0 atom stereocenters. The Morgan fingerprint density at radius 3 is 2.07 bits per heavy atom. The maximum absolute atomic E-state index is 10.1. The third-order valence-corrected chi connectivity index (χ3v) is 1.82. The van der Waals surface area contributed by atoms with Crippen LogP contribution in [0.3, 0.4) is 0 Å². The van der Waals surface area contributed by atoms with Crippen molar-refractivity contribution in [2.24, 2.45) is 0 Å². The highest BCUT2D eigenvalue weighted by atomic mass is 16.4. The zero-order valence-electron chi connectivity index (χ0n) is 8.70. The SMILES string of the molecule is Cc1nc(N(C)C)nc(C)c1C#[N+][O-]. The van der Waals surface area contributed by atoms with E-state index in [0.717, 1.165) is 0 Å². The quantitative estimate of drug-likeness (QED) is 0.630. The first kappa shape index (κ1) is 10.3. The maximum Gasteiger partial charge on any atom is 0.340 e. The molecular formula is C9H12N4O. The summed E-state index contributed by atoms with van der Waals surface area (Å²) in [6, 6.07) is 2.34. The minimum absolute atomic E-state index is 0.575. The Morgan fingerprint density at radius 1 is 1.21 bits per heavy atom. The number of hydrogen-bond acceptors (Lipinski definition) is 4. The Hall–Kier alpha value is -1.83. The molecular weight excluding hydrogens is 180 g/mol. The van der Waals surface area contributed by atoms with Crippen molar-refractivity contribution in [2.75, 3.05) is 19.0 Å². The van der Waals surface area contributed by atoms with Gasteiger partial charge in [-0.05, 0) is 13.8 Å². The monoisotopic (exact) mass is 192 g/mol. The summed E-state index contributed by atoms with van der Waals surface area (Å²) in [5.74, 6) is 0.622. The zero-order chi connectivity index (χ0) is 10.7. The van der Waals surface area contributed by atoms with Gasteiger partial charge in [-0.2, -0.15) is 0 Å². The molecule has 0 aliphatic rings. The van der Waals surface area contributed by atoms with Gasteiger partial charge in [0.1, 0.15) is 5.56 Å². The number of anilines is 1. The molecule has 0 saturated carbocycles. The Morgan fingerprint density at radius 2 is 1.71 bits per heavy atom. The Kier molecular flexibility index (Phi) is 2.87. The van der Waals surface area contributed by atoms with Crippen LogP contribution in [0.15, 0.2) is 0 Å². The summed E-state index contributed by atoms with van der Waals surface area (Å²) in [5.41, 5.74) is 1.99. The molecule has 0 fully saturated rings. The predicted octanol–water partition coefficient (Wildman–Crippen LogP) is 1.34. The van der Waals surface area contributed by atoms with E-state index in [2.05, 4.69) is 21.0 Å². The summed E-state index contributed by atoms with van der Waals surface area (Å²) >= 11 is 0. The average Bonchev–Trinajstić information content (AvgIpc) is 2.10. The van der Waals surface area contributed by atoms with Crippen LogP contribution >= 0.6 is 0 Å². The summed E-state index contributed by atoms with van der Waals surface area (Å²) in [7, 11) is 3.72. The molecule has 5 nitrogen and oxygen atoms in total. The summed E-state index contributed by atoms with van der Waals surface area (Å²) in [6.45, 7) is 3.60. The molecule has 0 radical (unpaired) electrons. The van der Waals surface area contributed by atoms with Crippen LogP contribution < -0.4 is 4.90 Å². The van der Waals surface area contributed by atoms with E-state index in [9.17, 15) is 5.21 Å². The minimum Gasteiger partial charge on any atom is -0.498 e. The van der Waals surface area contributed by atoms with Gasteiger partial charge in [-0.3, -0.25) is 0 Å². The van der Waals surface area contributed by atoms with Crippen molar-refractivity contribution in [1.82, 2.24) is 9.97 Å². The first-order valence-corrected chi connectivity index (χ1v) is 4.17. The van der Waals surface area contributed by atoms with E-state index in [4.69, 9.17) is 0 Å². The molecule has 1 heterocycles. The predicted molar refractivity (Wildman–Crippen MR) is 55.5 cm³/mol. The highest BCUT2D eigenvalue weighted by molar-refractivity contribution is 5.43. The van der Waals surface area contributed by atoms with E-state index in [1.807, 2.05) is 14.1 Å². The summed E-state index contributed by atoms with van der Waals surface area (Å²) in [4.78, 5) is 10.2. The molecule has 0 amide bonds. The molecule has 0 unspecified atom stereocenters. The van der Waals surface area contributed by atoms with E-state index in [1.54, 1.807) is 18.7 Å². The molecule has 0 aliphatic carbocycles. The van der Waals surface area contributed by atoms with Crippen LogP contribution in [0.4, 0.5) is 5.95 Å². The van der Waals surface area contributed by atoms with Gasteiger partial charge >= 0.3 is 6.07 Å². The molecule has 0 aromatic carbocycles. The normalized spacial score (nSPS) is 9.14. The van der Waals surface area contributed by atoms with Crippen LogP contribution in [0.1, 0.15) is 17.0 Å². The van der Waals surface area contributed by atoms with Gasteiger partial charge in [0, 0.05) is 19.1 Å². The lowest BCUT2D eigenvalue weighted by atomic mass is 10.2. The Bertz CT molecular complexity index is 380. The van der Waals surface area contributed by atoms with Crippen molar-refractivity contribution in [1.29, 1.82) is 0 Å². The number of nitrogens with zero attached hydrogens (tertiary/aromatic N) is 4. The van der Waals surface area contributed by atoms with E-state index >= 15 is 0 Å². The van der Waals surface area contributed by atoms with Crippen molar-refractivity contribution >= 4 is 5.95 Å². The van der Waals surface area contributed by atoms with E-state index < -0.39 is 0 Å². The molecule has 0 aliphatic heterocycles. The highest BCUT2D eigenvalue weighted by Gasteiger charge is 2.11. The van der Waals surface area contributed by atoms with Gasteiger partial charge < -0.3 is 10.1 Å². The van der Waals surface area contributed by atoms with Crippen molar-refractivity contribution < 1.29 is 0 Å². The maximum atomic E-state index is 10.1. The van der Waals surface area contributed by atoms with Crippen LogP contribution in [-0.4, -0.2) is 24.1 Å². The number of aryl methyl sites for hydroxylation is 2. The highest BCUT2D eigenvalue weighted by Crippen LogP contribution is 2.12. The molecule has 1 aromatic heterocycles. The smallest absolute Gasteiger partial charge is 0.340 e. The van der Waals surface area contributed by atoms with Gasteiger partial charge in [-0.1, -0.05) is 0 Å². The molecule has 0 bridgehead atoms. The first-order chi connectivity index (χ1) is 6.56. The molecule has 14 heavy (non-hydrogen) atoms. The lowest BCUT2D eigenvalue weighted by Gasteiger charge is -2.11. The minimum atomic E-state index is 0.575. The second kappa shape index (κ2) is 3.92. The third-order valence-electron chi connectivity index (χ3n) is 1.82. The lowest BCUT2D eigenvalue weighted by Crippen LogP contribution is -2.14. The standard InChI is InChI=1S/C9H12N4O/c1-6-8(5-10-14)7(2)12-9(11-6)13(3)4/h1-4H3. The third kappa shape index (κ3) is 1.91. The van der Waals surface area contributed by atoms with E-state index in [1.165, 1.54) is 0 Å². The van der Waals surface area contributed by atoms with Crippen LogP contribution in [0.25, 0.3) is 5.01 Å². The second-order valence-corrected chi connectivity index (χ2v) is 3.17. The van der Waals surface area contributed by atoms with Gasteiger partial charge in [0.05, 0.1) is 11.4 Å². The molecule has 74 valence electrons. The van der Waals surface area contributed by atoms with Gasteiger partial charge in [0.25, 0.3) is 0 Å². The van der Waals surface area contributed by atoms with Crippen LogP contribution in [0.2, 0.25) is 0 Å². The van der Waals surface area contributed by atoms with Gasteiger partial charge in [-0.15, -0.1) is 0 Å². The van der Waals surface area contributed by atoms with Crippen LogP contribution in [-0.2, 0) is 0 Å². The van der Waals surface area contributed by atoms with Crippen molar-refractivity contribution in [3.8, 4) is 6.07 Å². The Balaban J connectivity index is 3.29. The summed E-state index contributed by atoms with van der Waals surface area (Å²) < 4.78 is 0. The fraction of sp³-hybridized carbons (Fsp3) is 0.444. The fourth-order valence-corrected chi connectivity index (χ4v) is 1.11. The van der Waals surface area contributed by atoms with E-state index in [0.29, 0.717) is 22.9 Å². The molecule has 5 heteroatoms. The topological polar surface area (TPSA) is 56.4 Å². The molecule has 0 saturated heterocycles. The molecule has 0 spiro atoms. The average molecular weight is 192 g/mol. The largest absolute Gasteiger partial charge is 0.498 e. The second-order valence-electron chi connectivity index (χ2n) is 3.17. The fourth-order valence-electron chi connectivity index (χ4n) is 1.11. The first-order valence-electron chi connectivity index (χ1n) is 4.17. The molecule has 1 aromatic rings. The van der Waals surface area contributed by atoms with Crippen molar-refractivity contribution in [3.05, 3.63) is 27.2 Å². The molecule has 1 rings (SSSR count). The summed E-state index contributed by atoms with van der Waals surface area (Å²) in [5, 5.41) is 12.7. The zero-order valence-corrected chi connectivity index (χ0v) is 8.70. The van der Waals surface area contributed by atoms with Crippen LogP contribution in [0.5, 0.6) is 0 Å². The van der Waals surface area contributed by atoms with Crippen molar-refractivity contribution in [2.45, 2.75) is 13.8 Å². The van der Waals surface area contributed by atoms with E-state index in [-0.39, 0.29) is 0 Å². The number of rotatable bonds is 1. The number of hydrogen-bond donors (Lipinski definition) is 0. The number of aromatic nitrogens is 2. The van der Waals surface area contributed by atoms with Gasteiger partial charge in [-0.25, -0.2) is 9.97 Å². The summed E-state index contributed by atoms with van der Waals surface area (Å²) in [6.07, 6.45) is 0. The molecule has 0 N–H and O–H groups in total. The van der Waals surface area contributed by atoms with Crippen LogP contribution in [0, 0.1) is 25.1 Å². The lowest BCUT2D eigenvalue weighted by molar-refractivity contribution is 0.950. The van der Waals surface area contributed by atoms with Gasteiger partial charge in [0.15, 0.2) is 0 Å². The van der Waals surface area contributed by atoms with Gasteiger partial charge in [0.2, 0.25) is 5.95 Å².